The topological polar surface area (TPSA) is 32.8 Å². The fourth-order valence-corrected chi connectivity index (χ4v) is 23.4. The molecular formula is C116H76N2O2. The molecule has 6 aliphatic rings. The molecule has 0 N–H and O–H groups in total. The van der Waals surface area contributed by atoms with Crippen LogP contribution >= 0.6 is 0 Å². The average Bonchev–Trinajstić information content (AvgIpc) is 1.51. The van der Waals surface area contributed by atoms with Gasteiger partial charge < -0.3 is 18.6 Å². The molecule has 2 aromatic heterocycles. The summed E-state index contributed by atoms with van der Waals surface area (Å²) in [5, 5.41) is 4.32. The number of benzene rings is 18. The van der Waals surface area contributed by atoms with Crippen molar-refractivity contribution in [2.75, 3.05) is 9.80 Å². The number of rotatable bonds is 9. The van der Waals surface area contributed by atoms with Crippen molar-refractivity contribution in [2.24, 2.45) is 0 Å². The van der Waals surface area contributed by atoms with Crippen molar-refractivity contribution in [2.45, 2.75) is 49.4 Å². The van der Waals surface area contributed by atoms with E-state index in [4.69, 9.17) is 8.83 Å². The van der Waals surface area contributed by atoms with Crippen molar-refractivity contribution in [3.63, 3.8) is 0 Å². The summed E-state index contributed by atoms with van der Waals surface area (Å²) in [5.74, 6) is 0. The van der Waals surface area contributed by atoms with Crippen LogP contribution in [0.5, 0.6) is 0 Å². The van der Waals surface area contributed by atoms with Crippen LogP contribution in [-0.2, 0) is 21.7 Å². The predicted octanol–water partition coefficient (Wildman–Crippen LogP) is 30.7. The number of furan rings is 2. The number of fused-ring (bicyclic) bond motifs is 32. The maximum absolute atomic E-state index is 7.54. The van der Waals surface area contributed by atoms with Gasteiger partial charge in [-0.2, -0.15) is 0 Å². The Morgan fingerprint density at radius 1 is 0.200 bits per heavy atom. The van der Waals surface area contributed by atoms with E-state index in [2.05, 4.69) is 426 Å². The second-order valence-electron chi connectivity index (χ2n) is 34.7. The first-order chi connectivity index (χ1) is 59.0. The lowest BCUT2D eigenvalue weighted by Crippen LogP contribution is -2.26. The molecule has 1 unspecified atom stereocenters. The van der Waals surface area contributed by atoms with Gasteiger partial charge in [0.2, 0.25) is 0 Å². The Balaban J connectivity index is 0.630. The van der Waals surface area contributed by atoms with E-state index in [0.29, 0.717) is 0 Å². The maximum atomic E-state index is 7.54. The number of hydrogen-bond acceptors (Lipinski definition) is 4. The highest BCUT2D eigenvalue weighted by atomic mass is 16.3. The van der Waals surface area contributed by atoms with Gasteiger partial charge in [0.1, 0.15) is 16.7 Å². The van der Waals surface area contributed by atoms with Gasteiger partial charge in [0, 0.05) is 66.9 Å². The average molecular weight is 1530 g/mol. The molecule has 562 valence electrons. The first kappa shape index (κ1) is 67.3. The van der Waals surface area contributed by atoms with Crippen molar-refractivity contribution < 1.29 is 8.83 Å². The lowest BCUT2D eigenvalue weighted by molar-refractivity contribution is 0.662. The Hall–Kier alpha value is -14.8. The van der Waals surface area contributed by atoms with Gasteiger partial charge in [0.05, 0.1) is 16.5 Å². The molecule has 0 amide bonds. The standard InChI is InChI=1S/C116H76N2O2/c1-113(2)95-39-13-5-29-84(95)91-36-21-34-78(110(91)113)69-49-54-72(55-50-69)117(76-60-63-90-89-32-12-20-47-106(89)119-108(90)68-76)74-58-61-87-83-28-10-18-44-100(83)116(103(87)66-74)101-45-19-11-31-86(101)94-65-71(53-64-102(94)116)77-33-24-48-107-109(77)93-38-23-46-105(112(93)120-107)118(73-56-51-70(52-57-73)79-35-22-37-92-85-30-6-14-40-96(85)114(3,4)111(79)92)75-59-62-88-82-27-9-17-43-99(82)115(104(88)67-75)97-41-15-7-25-80(97)81-26-8-16-42-98(81)115/h5-68H,1-4H3. The third-order valence-corrected chi connectivity index (χ3v) is 28.3. The van der Waals surface area contributed by atoms with Crippen molar-refractivity contribution in [1.82, 2.24) is 0 Å². The SMILES string of the molecule is CC1(C)c2ccccc2-c2cccc(-c3ccc(N(c4ccc5c(c4)C4(c6ccccc6-c6cc(-c7cccc8oc9c(N(c%10ccc(-c%11cccc%12c%11C(C)(C)c%11ccccc%11-%12)cc%10)c%10ccc%11c(c%10)C%10(c%12ccccc%12-c%12ccccc%12%10)c%10ccccc%10-%11)cccc9c78)ccc64)c4ccccc4-5)c4ccc5c(c4)oc4ccccc45)cc3)c21. The Bertz CT molecular complexity index is 7810. The Morgan fingerprint density at radius 2 is 0.550 bits per heavy atom. The molecule has 2 heterocycles. The Labute approximate surface area is 696 Å². The number of para-hydroxylation sites is 2. The van der Waals surface area contributed by atoms with E-state index in [1.807, 2.05) is 0 Å². The Morgan fingerprint density at radius 3 is 1.08 bits per heavy atom. The van der Waals surface area contributed by atoms with Gasteiger partial charge in [-0.15, -0.1) is 0 Å². The molecule has 20 aromatic rings. The van der Waals surface area contributed by atoms with Crippen molar-refractivity contribution in [1.29, 1.82) is 0 Å². The lowest BCUT2D eigenvalue weighted by Gasteiger charge is -2.32. The van der Waals surface area contributed by atoms with E-state index in [1.165, 1.54) is 156 Å². The third kappa shape index (κ3) is 8.83. The van der Waals surface area contributed by atoms with Gasteiger partial charge >= 0.3 is 0 Å². The molecule has 0 aliphatic heterocycles. The van der Waals surface area contributed by atoms with Gasteiger partial charge in [-0.05, 0) is 252 Å². The highest BCUT2D eigenvalue weighted by Crippen LogP contribution is 2.67. The number of nitrogens with zero attached hydrogens (tertiary/aromatic N) is 2. The zero-order valence-corrected chi connectivity index (χ0v) is 66.7. The summed E-state index contributed by atoms with van der Waals surface area (Å²) in [5.41, 5.74) is 46.1. The van der Waals surface area contributed by atoms with Crippen LogP contribution in [0, 0.1) is 0 Å². The smallest absolute Gasteiger partial charge is 0.159 e. The number of hydrogen-bond donors (Lipinski definition) is 0. The molecule has 26 rings (SSSR count). The molecule has 0 saturated carbocycles. The van der Waals surface area contributed by atoms with E-state index in [0.717, 1.165) is 89.1 Å². The van der Waals surface area contributed by atoms with Gasteiger partial charge in [0.25, 0.3) is 0 Å². The van der Waals surface area contributed by atoms with Crippen molar-refractivity contribution >= 4 is 78.0 Å². The highest BCUT2D eigenvalue weighted by molar-refractivity contribution is 6.17. The largest absolute Gasteiger partial charge is 0.456 e. The summed E-state index contributed by atoms with van der Waals surface area (Å²) < 4.78 is 14.3. The van der Waals surface area contributed by atoms with Crippen LogP contribution in [0.2, 0.25) is 0 Å². The summed E-state index contributed by atoms with van der Waals surface area (Å²) in [6.07, 6.45) is 0. The predicted molar refractivity (Wildman–Crippen MR) is 494 cm³/mol. The van der Waals surface area contributed by atoms with Crippen LogP contribution in [0.3, 0.4) is 0 Å². The minimum absolute atomic E-state index is 0.167. The monoisotopic (exact) mass is 1530 g/mol. The van der Waals surface area contributed by atoms with Gasteiger partial charge in [-0.1, -0.05) is 325 Å². The molecule has 0 saturated heterocycles. The summed E-state index contributed by atoms with van der Waals surface area (Å²) in [6.45, 7) is 9.52. The summed E-state index contributed by atoms with van der Waals surface area (Å²) in [4.78, 5) is 4.90. The fraction of sp³-hybridized carbons (Fsp3) is 0.0690. The maximum Gasteiger partial charge on any atom is 0.159 e. The summed E-state index contributed by atoms with van der Waals surface area (Å²) in [7, 11) is 0. The summed E-state index contributed by atoms with van der Waals surface area (Å²) in [6, 6.07) is 146. The first-order valence-corrected chi connectivity index (χ1v) is 42.1. The molecule has 18 aromatic carbocycles. The van der Waals surface area contributed by atoms with Crippen LogP contribution in [0.4, 0.5) is 34.1 Å². The van der Waals surface area contributed by atoms with E-state index in [1.54, 1.807) is 0 Å². The second kappa shape index (κ2) is 24.4. The first-order valence-electron chi connectivity index (χ1n) is 42.1. The van der Waals surface area contributed by atoms with Crippen molar-refractivity contribution in [3.05, 3.63) is 455 Å². The van der Waals surface area contributed by atoms with Crippen LogP contribution in [-0.4, -0.2) is 0 Å². The third-order valence-electron chi connectivity index (χ3n) is 28.3. The molecule has 2 spiro atoms. The molecule has 4 heteroatoms. The minimum Gasteiger partial charge on any atom is -0.456 e. The van der Waals surface area contributed by atoms with Crippen LogP contribution in [0.1, 0.15) is 94.5 Å². The molecule has 0 fully saturated rings. The van der Waals surface area contributed by atoms with Gasteiger partial charge in [-0.25, -0.2) is 0 Å². The van der Waals surface area contributed by atoms with E-state index >= 15 is 0 Å². The zero-order valence-electron chi connectivity index (χ0n) is 66.7. The zero-order chi connectivity index (χ0) is 79.2. The quantitative estimate of drug-likeness (QED) is 0.144. The van der Waals surface area contributed by atoms with E-state index in [-0.39, 0.29) is 10.8 Å². The van der Waals surface area contributed by atoms with Crippen LogP contribution in [0.25, 0.3) is 144 Å². The molecular weight excluding hydrogens is 1450 g/mol. The minimum atomic E-state index is -0.665. The van der Waals surface area contributed by atoms with E-state index in [9.17, 15) is 0 Å². The van der Waals surface area contributed by atoms with Crippen LogP contribution < -0.4 is 9.80 Å². The van der Waals surface area contributed by atoms with Crippen molar-refractivity contribution in [3.8, 4) is 100 Å². The Kier molecular flexibility index (Phi) is 13.7. The summed E-state index contributed by atoms with van der Waals surface area (Å²) >= 11 is 0. The lowest BCUT2D eigenvalue weighted by atomic mass is 9.70. The molecule has 6 aliphatic carbocycles. The van der Waals surface area contributed by atoms with Gasteiger partial charge in [-0.3, -0.25) is 0 Å². The van der Waals surface area contributed by atoms with E-state index < -0.39 is 10.8 Å². The van der Waals surface area contributed by atoms with Gasteiger partial charge in [0.15, 0.2) is 5.58 Å². The molecule has 0 radical (unpaired) electrons. The highest BCUT2D eigenvalue weighted by Gasteiger charge is 2.54. The normalized spacial score (nSPS) is 15.4. The molecule has 120 heavy (non-hydrogen) atoms. The molecule has 1 atom stereocenters. The number of anilines is 6. The molecule has 4 nitrogen and oxygen atoms in total. The second-order valence-corrected chi connectivity index (χ2v) is 34.7. The molecule has 0 bridgehead atoms. The van der Waals surface area contributed by atoms with Crippen LogP contribution in [0.15, 0.2) is 397 Å². The fourth-order valence-electron chi connectivity index (χ4n) is 23.4.